The molecule has 0 radical (unpaired) electrons. The average Bonchev–Trinajstić information content (AvgIpc) is 2.78. The van der Waals surface area contributed by atoms with Crippen LogP contribution in [0.1, 0.15) is 5.56 Å². The Hall–Kier alpha value is -1.96. The molecule has 0 amide bonds. The van der Waals surface area contributed by atoms with Gasteiger partial charge >= 0.3 is 0 Å². The van der Waals surface area contributed by atoms with Crippen LogP contribution in [0.15, 0.2) is 36.2 Å². The Morgan fingerprint density at radius 1 is 1.42 bits per heavy atom. The van der Waals surface area contributed by atoms with Crippen LogP contribution in [0.2, 0.25) is 10.0 Å². The van der Waals surface area contributed by atoms with Crippen LogP contribution in [0.5, 0.6) is 0 Å². The third-order valence-electron chi connectivity index (χ3n) is 2.55. The lowest BCUT2D eigenvalue weighted by Gasteiger charge is -2.05. The summed E-state index contributed by atoms with van der Waals surface area (Å²) in [4.78, 5) is 3.90. The molecule has 0 aliphatic heterocycles. The van der Waals surface area contributed by atoms with E-state index in [1.165, 1.54) is 0 Å². The Balaban J connectivity index is 2.35. The smallest absolute Gasteiger partial charge is 0.200 e. The molecule has 4 nitrogen and oxygen atoms in total. The van der Waals surface area contributed by atoms with Gasteiger partial charge in [-0.15, -0.1) is 0 Å². The van der Waals surface area contributed by atoms with Crippen LogP contribution in [0.4, 0.5) is 5.95 Å². The second-order valence-electron chi connectivity index (χ2n) is 3.83. The molecule has 0 unspecified atom stereocenters. The molecule has 0 bridgehead atoms. The quantitative estimate of drug-likeness (QED) is 0.882. The van der Waals surface area contributed by atoms with Crippen molar-refractivity contribution in [1.29, 1.82) is 5.26 Å². The van der Waals surface area contributed by atoms with Gasteiger partial charge in [0.05, 0.1) is 18.2 Å². The number of aromatic nitrogens is 2. The molecule has 1 heterocycles. The molecule has 0 aliphatic rings. The van der Waals surface area contributed by atoms with E-state index >= 15 is 0 Å². The number of imidazole rings is 1. The Kier molecular flexibility index (Phi) is 4.10. The largest absolute Gasteiger partial charge is 0.369 e. The minimum atomic E-state index is 0.323. The Morgan fingerprint density at radius 3 is 2.63 bits per heavy atom. The predicted octanol–water partition coefficient (Wildman–Crippen LogP) is 3.38. The van der Waals surface area contributed by atoms with E-state index in [9.17, 15) is 5.26 Å². The number of nitrogen functional groups attached to an aromatic ring is 1. The maximum atomic E-state index is 9.18. The molecule has 6 heteroatoms. The number of nitriles is 1. The van der Waals surface area contributed by atoms with Crippen molar-refractivity contribution in [2.24, 2.45) is 0 Å². The molecule has 2 N–H and O–H groups in total. The van der Waals surface area contributed by atoms with E-state index in [0.29, 0.717) is 33.7 Å². The van der Waals surface area contributed by atoms with E-state index in [2.05, 4.69) is 11.1 Å². The molecule has 0 saturated carbocycles. The topological polar surface area (TPSA) is 67.6 Å². The van der Waals surface area contributed by atoms with Gasteiger partial charge in [-0.2, -0.15) is 5.26 Å². The zero-order valence-electron chi connectivity index (χ0n) is 9.85. The van der Waals surface area contributed by atoms with Gasteiger partial charge in [0.25, 0.3) is 0 Å². The number of rotatable bonds is 3. The number of halogens is 2. The monoisotopic (exact) mass is 292 g/mol. The van der Waals surface area contributed by atoms with E-state index in [1.54, 1.807) is 41.2 Å². The fourth-order valence-electron chi connectivity index (χ4n) is 1.59. The molecular weight excluding hydrogens is 283 g/mol. The van der Waals surface area contributed by atoms with Gasteiger partial charge in [0.2, 0.25) is 0 Å². The van der Waals surface area contributed by atoms with Gasteiger partial charge in [0, 0.05) is 28.0 Å². The molecular formula is C13H10Cl2N4. The van der Waals surface area contributed by atoms with Crippen molar-refractivity contribution in [3.8, 4) is 6.07 Å². The normalized spacial score (nSPS) is 11.3. The standard InChI is InChI=1S/C13H10Cl2N4/c14-11-2-1-3-12(15)10(11)6-9(7-16)8-19-5-4-18-13(19)17/h1-6H,8H2,(H2,17,18)/b9-6-. The van der Waals surface area contributed by atoms with Crippen molar-refractivity contribution >= 4 is 35.2 Å². The van der Waals surface area contributed by atoms with Crippen LogP contribution >= 0.6 is 23.2 Å². The summed E-state index contributed by atoms with van der Waals surface area (Å²) in [5.41, 5.74) is 6.77. The maximum Gasteiger partial charge on any atom is 0.200 e. The summed E-state index contributed by atoms with van der Waals surface area (Å²) >= 11 is 12.1. The van der Waals surface area contributed by atoms with E-state index < -0.39 is 0 Å². The first-order chi connectivity index (χ1) is 9.11. The van der Waals surface area contributed by atoms with Gasteiger partial charge in [-0.3, -0.25) is 0 Å². The summed E-state index contributed by atoms with van der Waals surface area (Å²) in [6.45, 7) is 0.323. The Morgan fingerprint density at radius 2 is 2.11 bits per heavy atom. The number of nitrogens with two attached hydrogens (primary N) is 1. The fraction of sp³-hybridized carbons (Fsp3) is 0.0769. The first-order valence-electron chi connectivity index (χ1n) is 5.43. The molecule has 1 aromatic carbocycles. The van der Waals surface area contributed by atoms with E-state index in [4.69, 9.17) is 28.9 Å². The van der Waals surface area contributed by atoms with Crippen molar-refractivity contribution in [3.05, 3.63) is 51.8 Å². The van der Waals surface area contributed by atoms with Gasteiger partial charge in [-0.05, 0) is 18.2 Å². The van der Waals surface area contributed by atoms with E-state index in [1.807, 2.05) is 0 Å². The van der Waals surface area contributed by atoms with Gasteiger partial charge < -0.3 is 10.3 Å². The molecule has 0 saturated heterocycles. The lowest BCUT2D eigenvalue weighted by Crippen LogP contribution is -2.04. The molecule has 0 fully saturated rings. The molecule has 19 heavy (non-hydrogen) atoms. The van der Waals surface area contributed by atoms with Gasteiger partial charge in [0.1, 0.15) is 0 Å². The second kappa shape index (κ2) is 5.79. The zero-order chi connectivity index (χ0) is 13.8. The third-order valence-corrected chi connectivity index (χ3v) is 3.21. The maximum absolute atomic E-state index is 9.18. The molecule has 0 spiro atoms. The molecule has 0 aliphatic carbocycles. The van der Waals surface area contributed by atoms with Gasteiger partial charge in [-0.25, -0.2) is 4.98 Å². The van der Waals surface area contributed by atoms with Gasteiger partial charge in [-0.1, -0.05) is 29.3 Å². The second-order valence-corrected chi connectivity index (χ2v) is 4.64. The molecule has 1 aromatic heterocycles. The highest BCUT2D eigenvalue weighted by Crippen LogP contribution is 2.26. The van der Waals surface area contributed by atoms with Crippen LogP contribution in [0, 0.1) is 11.3 Å². The molecule has 2 aromatic rings. The van der Waals surface area contributed by atoms with Crippen molar-refractivity contribution in [1.82, 2.24) is 9.55 Å². The highest BCUT2D eigenvalue weighted by Gasteiger charge is 2.06. The molecule has 0 atom stereocenters. The van der Waals surface area contributed by atoms with E-state index in [0.717, 1.165) is 0 Å². The van der Waals surface area contributed by atoms with Crippen LogP contribution in [-0.4, -0.2) is 9.55 Å². The highest BCUT2D eigenvalue weighted by atomic mass is 35.5. The Labute approximate surface area is 120 Å². The average molecular weight is 293 g/mol. The van der Waals surface area contributed by atoms with Crippen molar-refractivity contribution in [2.75, 3.05) is 5.73 Å². The minimum Gasteiger partial charge on any atom is -0.369 e. The first-order valence-corrected chi connectivity index (χ1v) is 6.18. The van der Waals surface area contributed by atoms with Crippen molar-refractivity contribution in [2.45, 2.75) is 6.54 Å². The number of benzene rings is 1. The number of hydrogen-bond donors (Lipinski definition) is 1. The summed E-state index contributed by atoms with van der Waals surface area (Å²) in [7, 11) is 0. The number of hydrogen-bond acceptors (Lipinski definition) is 3. The van der Waals surface area contributed by atoms with Crippen LogP contribution < -0.4 is 5.73 Å². The van der Waals surface area contributed by atoms with E-state index in [-0.39, 0.29) is 0 Å². The SMILES string of the molecule is N#C/C(=C/c1c(Cl)cccc1Cl)Cn1ccnc1N. The lowest BCUT2D eigenvalue weighted by molar-refractivity contribution is 0.816. The summed E-state index contributed by atoms with van der Waals surface area (Å²) in [5, 5.41) is 10.2. The Bertz CT molecular complexity index is 647. The number of nitrogens with zero attached hydrogens (tertiary/aromatic N) is 3. The summed E-state index contributed by atoms with van der Waals surface area (Å²) in [6, 6.07) is 7.31. The third kappa shape index (κ3) is 3.08. The van der Waals surface area contributed by atoms with Crippen molar-refractivity contribution in [3.63, 3.8) is 0 Å². The summed E-state index contributed by atoms with van der Waals surface area (Å²) in [6.07, 6.45) is 4.94. The summed E-state index contributed by atoms with van der Waals surface area (Å²) in [5.74, 6) is 0.353. The number of anilines is 1. The van der Waals surface area contributed by atoms with Crippen LogP contribution in [-0.2, 0) is 6.54 Å². The highest BCUT2D eigenvalue weighted by molar-refractivity contribution is 6.37. The molecule has 96 valence electrons. The molecule has 2 rings (SSSR count). The van der Waals surface area contributed by atoms with Crippen LogP contribution in [0.25, 0.3) is 6.08 Å². The van der Waals surface area contributed by atoms with Gasteiger partial charge in [0.15, 0.2) is 5.95 Å². The number of allylic oxidation sites excluding steroid dienone is 1. The van der Waals surface area contributed by atoms with Crippen molar-refractivity contribution < 1.29 is 0 Å². The van der Waals surface area contributed by atoms with Crippen LogP contribution in [0.3, 0.4) is 0 Å². The summed E-state index contributed by atoms with van der Waals surface area (Å²) < 4.78 is 1.67. The predicted molar refractivity (Wildman–Crippen MR) is 76.7 cm³/mol. The minimum absolute atomic E-state index is 0.323. The first kappa shape index (κ1) is 13.5. The zero-order valence-corrected chi connectivity index (χ0v) is 11.4. The fourth-order valence-corrected chi connectivity index (χ4v) is 2.10. The lowest BCUT2D eigenvalue weighted by atomic mass is 10.1.